The number of likely N-dealkylation sites (N-methyl/N-ethyl adjacent to an activating group) is 1. The fourth-order valence-electron chi connectivity index (χ4n) is 2.38. The lowest BCUT2D eigenvalue weighted by atomic mass is 10.1. The van der Waals surface area contributed by atoms with E-state index in [9.17, 15) is 5.11 Å². The standard InChI is InChI=1S/C16H23ClN4O/c1-20(2)11-13(22)9-18-10-14-15(19-21(3)16(14)17)12-7-5-4-6-8-12/h4-8,13,18,22H,9-11H2,1-3H3. The molecule has 0 saturated heterocycles. The predicted octanol–water partition coefficient (Wildman–Crippen LogP) is 1.75. The van der Waals surface area contributed by atoms with E-state index < -0.39 is 6.10 Å². The van der Waals surface area contributed by atoms with Gasteiger partial charge in [-0.2, -0.15) is 5.10 Å². The van der Waals surface area contributed by atoms with Crippen LogP contribution in [-0.4, -0.2) is 53.1 Å². The van der Waals surface area contributed by atoms with Crippen LogP contribution >= 0.6 is 11.6 Å². The maximum Gasteiger partial charge on any atom is 0.131 e. The van der Waals surface area contributed by atoms with Gasteiger partial charge < -0.3 is 15.3 Å². The second-order valence-electron chi connectivity index (χ2n) is 5.65. The molecule has 0 amide bonds. The third-order valence-corrected chi connectivity index (χ3v) is 3.85. The number of aliphatic hydroxyl groups is 1. The van der Waals surface area contributed by atoms with Gasteiger partial charge in [-0.25, -0.2) is 0 Å². The Morgan fingerprint density at radius 2 is 2.00 bits per heavy atom. The summed E-state index contributed by atoms with van der Waals surface area (Å²) in [5.41, 5.74) is 2.87. The molecular weight excluding hydrogens is 300 g/mol. The summed E-state index contributed by atoms with van der Waals surface area (Å²) in [6.07, 6.45) is -0.411. The predicted molar refractivity (Wildman–Crippen MR) is 89.9 cm³/mol. The largest absolute Gasteiger partial charge is 0.390 e. The number of aryl methyl sites for hydroxylation is 1. The summed E-state index contributed by atoms with van der Waals surface area (Å²) in [4.78, 5) is 1.96. The molecule has 0 radical (unpaired) electrons. The Labute approximate surface area is 136 Å². The van der Waals surface area contributed by atoms with Gasteiger partial charge in [-0.05, 0) is 14.1 Å². The minimum atomic E-state index is -0.411. The molecule has 1 aromatic carbocycles. The molecule has 6 heteroatoms. The number of nitrogens with one attached hydrogen (secondary N) is 1. The van der Waals surface area contributed by atoms with E-state index in [-0.39, 0.29) is 0 Å². The monoisotopic (exact) mass is 322 g/mol. The van der Waals surface area contributed by atoms with E-state index in [1.165, 1.54) is 0 Å². The fourth-order valence-corrected chi connectivity index (χ4v) is 2.58. The number of hydrogen-bond donors (Lipinski definition) is 2. The van der Waals surface area contributed by atoms with Gasteiger partial charge in [0.05, 0.1) is 11.8 Å². The van der Waals surface area contributed by atoms with Crippen molar-refractivity contribution in [2.45, 2.75) is 12.6 Å². The van der Waals surface area contributed by atoms with Gasteiger partial charge in [-0.3, -0.25) is 4.68 Å². The van der Waals surface area contributed by atoms with E-state index in [0.29, 0.717) is 24.8 Å². The first-order valence-electron chi connectivity index (χ1n) is 7.29. The van der Waals surface area contributed by atoms with Gasteiger partial charge in [0.2, 0.25) is 0 Å². The topological polar surface area (TPSA) is 53.3 Å². The zero-order valence-electron chi connectivity index (χ0n) is 13.3. The number of rotatable bonds is 7. The molecule has 1 atom stereocenters. The van der Waals surface area contributed by atoms with Crippen molar-refractivity contribution >= 4 is 11.6 Å². The summed E-state index contributed by atoms with van der Waals surface area (Å²) in [6, 6.07) is 9.97. The van der Waals surface area contributed by atoms with E-state index in [0.717, 1.165) is 16.8 Å². The minimum absolute atomic E-state index is 0.411. The second kappa shape index (κ2) is 7.74. The molecule has 1 unspecified atom stereocenters. The Balaban J connectivity index is 2.08. The van der Waals surface area contributed by atoms with Crippen molar-refractivity contribution in [2.75, 3.05) is 27.2 Å². The van der Waals surface area contributed by atoms with Crippen molar-refractivity contribution in [1.29, 1.82) is 0 Å². The fraction of sp³-hybridized carbons (Fsp3) is 0.438. The summed E-state index contributed by atoms with van der Waals surface area (Å²) in [7, 11) is 5.71. The van der Waals surface area contributed by atoms with Crippen LogP contribution in [0, 0.1) is 0 Å². The van der Waals surface area contributed by atoms with Crippen molar-refractivity contribution < 1.29 is 5.11 Å². The van der Waals surface area contributed by atoms with Crippen LogP contribution in [0.15, 0.2) is 30.3 Å². The highest BCUT2D eigenvalue weighted by molar-refractivity contribution is 6.30. The minimum Gasteiger partial charge on any atom is -0.390 e. The van der Waals surface area contributed by atoms with Gasteiger partial charge in [-0.1, -0.05) is 41.9 Å². The van der Waals surface area contributed by atoms with Gasteiger partial charge >= 0.3 is 0 Å². The maximum absolute atomic E-state index is 9.90. The third kappa shape index (κ3) is 4.30. The van der Waals surface area contributed by atoms with Crippen LogP contribution in [0.3, 0.4) is 0 Å². The summed E-state index contributed by atoms with van der Waals surface area (Å²) in [5, 5.41) is 18.3. The number of benzene rings is 1. The van der Waals surface area contributed by atoms with Crippen LogP contribution in [0.1, 0.15) is 5.56 Å². The first kappa shape index (κ1) is 17.0. The van der Waals surface area contributed by atoms with Crippen molar-refractivity contribution in [1.82, 2.24) is 20.0 Å². The smallest absolute Gasteiger partial charge is 0.131 e. The molecule has 0 saturated carbocycles. The Kier molecular flexibility index (Phi) is 5.97. The van der Waals surface area contributed by atoms with Crippen molar-refractivity contribution in [3.05, 3.63) is 41.0 Å². The average molecular weight is 323 g/mol. The zero-order chi connectivity index (χ0) is 16.1. The molecule has 120 valence electrons. The average Bonchev–Trinajstić information content (AvgIpc) is 2.76. The zero-order valence-corrected chi connectivity index (χ0v) is 14.0. The number of halogens is 1. The maximum atomic E-state index is 9.90. The highest BCUT2D eigenvalue weighted by atomic mass is 35.5. The number of hydrogen-bond acceptors (Lipinski definition) is 4. The van der Waals surface area contributed by atoms with Crippen LogP contribution in [0.2, 0.25) is 5.15 Å². The first-order valence-corrected chi connectivity index (χ1v) is 7.67. The molecule has 1 heterocycles. The molecule has 1 aromatic heterocycles. The van der Waals surface area contributed by atoms with Gasteiger partial charge in [-0.15, -0.1) is 0 Å². The van der Waals surface area contributed by atoms with Crippen LogP contribution in [-0.2, 0) is 13.6 Å². The second-order valence-corrected chi connectivity index (χ2v) is 6.01. The molecule has 5 nitrogen and oxygen atoms in total. The third-order valence-electron chi connectivity index (χ3n) is 3.37. The molecular formula is C16H23ClN4O. The molecule has 2 rings (SSSR count). The molecule has 0 aliphatic rings. The first-order chi connectivity index (χ1) is 10.5. The van der Waals surface area contributed by atoms with Gasteiger partial charge in [0.15, 0.2) is 0 Å². The van der Waals surface area contributed by atoms with Crippen LogP contribution in [0.4, 0.5) is 0 Å². The summed E-state index contributed by atoms with van der Waals surface area (Å²) in [6.45, 7) is 1.71. The number of aliphatic hydroxyl groups excluding tert-OH is 1. The lowest BCUT2D eigenvalue weighted by molar-refractivity contribution is 0.134. The normalized spacial score (nSPS) is 12.8. The van der Waals surface area contributed by atoms with E-state index >= 15 is 0 Å². The Morgan fingerprint density at radius 1 is 1.32 bits per heavy atom. The van der Waals surface area contributed by atoms with E-state index in [1.807, 2.05) is 56.4 Å². The molecule has 2 N–H and O–H groups in total. The summed E-state index contributed by atoms with van der Waals surface area (Å²) in [5.74, 6) is 0. The lowest BCUT2D eigenvalue weighted by Crippen LogP contribution is -2.34. The van der Waals surface area contributed by atoms with Gasteiger partial charge in [0.1, 0.15) is 5.15 Å². The van der Waals surface area contributed by atoms with Crippen LogP contribution in [0.5, 0.6) is 0 Å². The van der Waals surface area contributed by atoms with Crippen molar-refractivity contribution in [3.63, 3.8) is 0 Å². The van der Waals surface area contributed by atoms with Crippen LogP contribution < -0.4 is 5.32 Å². The summed E-state index contributed by atoms with van der Waals surface area (Å²) < 4.78 is 1.68. The van der Waals surface area contributed by atoms with Gasteiger partial charge in [0, 0.05) is 37.8 Å². The van der Waals surface area contributed by atoms with Crippen LogP contribution in [0.25, 0.3) is 11.3 Å². The molecule has 22 heavy (non-hydrogen) atoms. The number of nitrogens with zero attached hydrogens (tertiary/aromatic N) is 3. The van der Waals surface area contributed by atoms with E-state index in [4.69, 9.17) is 11.6 Å². The van der Waals surface area contributed by atoms with E-state index in [2.05, 4.69) is 10.4 Å². The van der Waals surface area contributed by atoms with Gasteiger partial charge in [0.25, 0.3) is 0 Å². The molecule has 0 aliphatic carbocycles. The highest BCUT2D eigenvalue weighted by Gasteiger charge is 2.16. The van der Waals surface area contributed by atoms with E-state index in [1.54, 1.807) is 4.68 Å². The van der Waals surface area contributed by atoms with Crippen molar-refractivity contribution in [2.24, 2.45) is 7.05 Å². The molecule has 0 fully saturated rings. The Hall–Kier alpha value is -1.40. The Bertz CT molecular complexity index is 598. The summed E-state index contributed by atoms with van der Waals surface area (Å²) >= 11 is 6.35. The Morgan fingerprint density at radius 3 is 2.64 bits per heavy atom. The SMILES string of the molecule is CN(C)CC(O)CNCc1c(-c2ccccc2)nn(C)c1Cl. The molecule has 0 bridgehead atoms. The van der Waals surface area contributed by atoms with Crippen molar-refractivity contribution in [3.8, 4) is 11.3 Å². The molecule has 0 spiro atoms. The molecule has 0 aliphatic heterocycles. The number of aromatic nitrogens is 2. The highest BCUT2D eigenvalue weighted by Crippen LogP contribution is 2.27. The lowest BCUT2D eigenvalue weighted by Gasteiger charge is -2.16. The quantitative estimate of drug-likeness (QED) is 0.815. The molecule has 2 aromatic rings.